The first-order chi connectivity index (χ1) is 15.4. The van der Waals surface area contributed by atoms with Crippen LogP contribution in [-0.2, 0) is 14.3 Å². The van der Waals surface area contributed by atoms with Crippen LogP contribution in [-0.4, -0.2) is 48.0 Å². The van der Waals surface area contributed by atoms with Gasteiger partial charge >= 0.3 is 6.09 Å². The fourth-order valence-electron chi connectivity index (χ4n) is 4.79. The van der Waals surface area contributed by atoms with Crippen molar-refractivity contribution >= 4 is 17.9 Å². The minimum atomic E-state index is -0.786. The maximum Gasteiger partial charge on any atom is 0.407 e. The fraction of sp³-hybridized carbons (Fsp3) is 0.400. The molecule has 7 heteroatoms. The molecule has 2 atom stereocenters. The topological polar surface area (TPSA) is 102 Å². The molecule has 168 valence electrons. The minimum Gasteiger partial charge on any atom is -0.449 e. The number of hydrogen-bond donors (Lipinski definition) is 2. The van der Waals surface area contributed by atoms with Crippen molar-refractivity contribution in [2.24, 2.45) is 11.7 Å². The summed E-state index contributed by atoms with van der Waals surface area (Å²) in [6, 6.07) is 14.8. The number of alkyl carbamates (subject to hydrolysis) is 1. The highest BCUT2D eigenvalue weighted by atomic mass is 16.5. The Morgan fingerprint density at radius 1 is 1.06 bits per heavy atom. The molecule has 1 aliphatic carbocycles. The molecule has 0 unspecified atom stereocenters. The molecule has 1 heterocycles. The summed E-state index contributed by atoms with van der Waals surface area (Å²) in [4.78, 5) is 38.9. The van der Waals surface area contributed by atoms with Crippen LogP contribution in [0, 0.1) is 5.92 Å². The van der Waals surface area contributed by atoms with Crippen molar-refractivity contribution in [2.75, 3.05) is 13.2 Å². The highest BCUT2D eigenvalue weighted by Crippen LogP contribution is 2.44. The van der Waals surface area contributed by atoms with Crippen molar-refractivity contribution in [3.8, 4) is 11.1 Å². The number of hydrogen-bond acceptors (Lipinski definition) is 4. The van der Waals surface area contributed by atoms with E-state index in [2.05, 4.69) is 29.6 Å². The van der Waals surface area contributed by atoms with E-state index in [-0.39, 0.29) is 24.3 Å². The summed E-state index contributed by atoms with van der Waals surface area (Å²) < 4.78 is 5.60. The lowest BCUT2D eigenvalue weighted by molar-refractivity contribution is -0.139. The number of fused-ring (bicyclic) bond motifs is 3. The van der Waals surface area contributed by atoms with Crippen molar-refractivity contribution < 1.29 is 19.1 Å². The number of primary amides is 1. The molecule has 0 radical (unpaired) electrons. The zero-order valence-corrected chi connectivity index (χ0v) is 18.4. The first kappa shape index (κ1) is 21.9. The number of amides is 3. The van der Waals surface area contributed by atoms with Crippen LogP contribution in [0.1, 0.15) is 43.7 Å². The molecule has 3 amide bonds. The van der Waals surface area contributed by atoms with E-state index in [1.807, 2.05) is 38.1 Å². The summed E-state index contributed by atoms with van der Waals surface area (Å²) in [5.41, 5.74) is 10.0. The van der Waals surface area contributed by atoms with Crippen LogP contribution in [0.5, 0.6) is 0 Å². The van der Waals surface area contributed by atoms with Gasteiger partial charge in [0.2, 0.25) is 11.8 Å². The van der Waals surface area contributed by atoms with Gasteiger partial charge in [0.1, 0.15) is 18.7 Å². The summed E-state index contributed by atoms with van der Waals surface area (Å²) in [6.45, 7) is 4.33. The predicted octanol–water partition coefficient (Wildman–Crippen LogP) is 3.03. The largest absolute Gasteiger partial charge is 0.449 e. The van der Waals surface area contributed by atoms with Gasteiger partial charge in [-0.3, -0.25) is 9.59 Å². The van der Waals surface area contributed by atoms with E-state index in [0.29, 0.717) is 13.0 Å². The molecule has 1 fully saturated rings. The molecule has 0 aromatic heterocycles. The number of ether oxygens (including phenoxy) is 1. The summed E-state index contributed by atoms with van der Waals surface area (Å²) in [6.07, 6.45) is 0.625. The van der Waals surface area contributed by atoms with E-state index in [0.717, 1.165) is 28.7 Å². The Bertz CT molecular complexity index is 990. The number of carbonyl (C=O) groups excluding carboxylic acids is 3. The number of nitrogens with two attached hydrogens (primary N) is 1. The molecular formula is C25H29N3O4. The van der Waals surface area contributed by atoms with Crippen LogP contribution in [0.25, 0.3) is 11.1 Å². The molecule has 1 aliphatic heterocycles. The molecule has 7 nitrogen and oxygen atoms in total. The van der Waals surface area contributed by atoms with E-state index in [1.54, 1.807) is 0 Å². The average molecular weight is 436 g/mol. The van der Waals surface area contributed by atoms with Gasteiger partial charge in [0, 0.05) is 12.5 Å². The van der Waals surface area contributed by atoms with Gasteiger partial charge < -0.3 is 20.7 Å². The van der Waals surface area contributed by atoms with E-state index in [9.17, 15) is 14.4 Å². The SMILES string of the molecule is CC(C)[C@H](NC(=O)OCC1c2ccccc2-c2ccccc21)C(=O)N1CCC[C@H]1C(N)=O. The summed E-state index contributed by atoms with van der Waals surface area (Å²) >= 11 is 0. The molecule has 32 heavy (non-hydrogen) atoms. The first-order valence-corrected chi connectivity index (χ1v) is 11.1. The lowest BCUT2D eigenvalue weighted by Gasteiger charge is -2.29. The zero-order chi connectivity index (χ0) is 22.8. The maximum absolute atomic E-state index is 13.1. The molecule has 2 aromatic rings. The highest BCUT2D eigenvalue weighted by molar-refractivity contribution is 5.91. The molecule has 3 N–H and O–H groups in total. The Hall–Kier alpha value is -3.35. The number of carbonyl (C=O) groups is 3. The molecule has 4 rings (SSSR count). The summed E-state index contributed by atoms with van der Waals surface area (Å²) in [5.74, 6) is -1.04. The van der Waals surface area contributed by atoms with Crippen molar-refractivity contribution in [1.82, 2.24) is 10.2 Å². The lowest BCUT2D eigenvalue weighted by Crippen LogP contribution is -2.54. The summed E-state index contributed by atoms with van der Waals surface area (Å²) in [7, 11) is 0. The summed E-state index contributed by atoms with van der Waals surface area (Å²) in [5, 5.41) is 2.72. The number of nitrogens with one attached hydrogen (secondary N) is 1. The second-order valence-corrected chi connectivity index (χ2v) is 8.78. The van der Waals surface area contributed by atoms with Gasteiger partial charge in [-0.15, -0.1) is 0 Å². The van der Waals surface area contributed by atoms with Gasteiger partial charge in [0.05, 0.1) is 0 Å². The maximum atomic E-state index is 13.1. The Labute approximate surface area is 187 Å². The van der Waals surface area contributed by atoms with Crippen molar-refractivity contribution in [2.45, 2.75) is 44.7 Å². The fourth-order valence-corrected chi connectivity index (χ4v) is 4.79. The number of nitrogens with zero attached hydrogens (tertiary/aromatic N) is 1. The second-order valence-electron chi connectivity index (χ2n) is 8.78. The first-order valence-electron chi connectivity index (χ1n) is 11.1. The third-order valence-electron chi connectivity index (χ3n) is 6.41. The Balaban J connectivity index is 1.44. The number of benzene rings is 2. The number of rotatable bonds is 6. The molecule has 2 aliphatic rings. The third-order valence-corrected chi connectivity index (χ3v) is 6.41. The van der Waals surface area contributed by atoms with E-state index < -0.39 is 24.1 Å². The monoisotopic (exact) mass is 435 g/mol. The van der Waals surface area contributed by atoms with E-state index >= 15 is 0 Å². The van der Waals surface area contributed by atoms with Crippen molar-refractivity contribution in [1.29, 1.82) is 0 Å². The minimum absolute atomic E-state index is 0.0563. The van der Waals surface area contributed by atoms with Gasteiger partial charge in [0.15, 0.2) is 0 Å². The van der Waals surface area contributed by atoms with Crippen LogP contribution in [0.4, 0.5) is 4.79 Å². The second kappa shape index (κ2) is 9.02. The zero-order valence-electron chi connectivity index (χ0n) is 18.4. The van der Waals surface area contributed by atoms with Crippen molar-refractivity contribution in [3.05, 3.63) is 59.7 Å². The highest BCUT2D eigenvalue weighted by Gasteiger charge is 2.38. The third kappa shape index (κ3) is 4.07. The van der Waals surface area contributed by atoms with Crippen LogP contribution in [0.15, 0.2) is 48.5 Å². The normalized spacial score (nSPS) is 18.2. The quantitative estimate of drug-likeness (QED) is 0.728. The number of likely N-dealkylation sites (tertiary alicyclic amines) is 1. The van der Waals surface area contributed by atoms with Crippen molar-refractivity contribution in [3.63, 3.8) is 0 Å². The van der Waals surface area contributed by atoms with Crippen LogP contribution >= 0.6 is 0 Å². The lowest BCUT2D eigenvalue weighted by atomic mass is 9.98. The molecule has 2 aromatic carbocycles. The Morgan fingerprint density at radius 2 is 1.66 bits per heavy atom. The van der Waals surface area contributed by atoms with E-state index in [1.165, 1.54) is 4.90 Å². The van der Waals surface area contributed by atoms with Gasteiger partial charge in [-0.05, 0) is 41.0 Å². The molecule has 1 saturated heterocycles. The Kier molecular flexibility index (Phi) is 6.17. The molecular weight excluding hydrogens is 406 g/mol. The predicted molar refractivity (Wildman–Crippen MR) is 121 cm³/mol. The van der Waals surface area contributed by atoms with Gasteiger partial charge in [-0.1, -0.05) is 62.4 Å². The smallest absolute Gasteiger partial charge is 0.407 e. The van der Waals surface area contributed by atoms with Crippen LogP contribution in [0.3, 0.4) is 0 Å². The average Bonchev–Trinajstić information content (AvgIpc) is 3.39. The van der Waals surface area contributed by atoms with E-state index in [4.69, 9.17) is 10.5 Å². The van der Waals surface area contributed by atoms with Crippen LogP contribution in [0.2, 0.25) is 0 Å². The Morgan fingerprint density at radius 3 is 2.22 bits per heavy atom. The van der Waals surface area contributed by atoms with Gasteiger partial charge in [-0.25, -0.2) is 4.79 Å². The molecule has 0 spiro atoms. The van der Waals surface area contributed by atoms with Crippen LogP contribution < -0.4 is 11.1 Å². The molecule has 0 bridgehead atoms. The molecule has 0 saturated carbocycles. The van der Waals surface area contributed by atoms with Gasteiger partial charge in [-0.2, -0.15) is 0 Å². The van der Waals surface area contributed by atoms with Gasteiger partial charge in [0.25, 0.3) is 0 Å². The standard InChI is InChI=1S/C25H29N3O4/c1-15(2)22(24(30)28-13-7-12-21(28)23(26)29)27-25(31)32-14-20-18-10-5-3-8-16(18)17-9-4-6-11-19(17)20/h3-6,8-11,15,20-22H,7,12-14H2,1-2H3,(H2,26,29)(H,27,31)/t21-,22-/m0/s1.